The molecule has 4 atom stereocenters. The number of nitriles is 1. The van der Waals surface area contributed by atoms with Crippen LogP contribution in [0.2, 0.25) is 19.6 Å². The Bertz CT molecular complexity index is 661. The van der Waals surface area contributed by atoms with Crippen LogP contribution in [-0.2, 0) is 15.8 Å². The summed E-state index contributed by atoms with van der Waals surface area (Å²) in [6.07, 6.45) is 6.99. The van der Waals surface area contributed by atoms with E-state index in [2.05, 4.69) is 44.8 Å². The number of rotatable bonds is 6. The molecule has 0 radical (unpaired) electrons. The summed E-state index contributed by atoms with van der Waals surface area (Å²) in [7, 11) is -1.66. The molecule has 2 aliphatic rings. The zero-order valence-corrected chi connectivity index (χ0v) is 18.5. The molecule has 2 fully saturated rings. The number of benzene rings is 1. The Morgan fingerprint density at radius 3 is 2.48 bits per heavy atom. The predicted octanol–water partition coefficient (Wildman–Crippen LogP) is 5.92. The number of nitrogens with zero attached hydrogens (tertiary/aromatic N) is 1. The molecule has 0 saturated heterocycles. The number of hydrogen-bond acceptors (Lipinski definition) is 3. The molecule has 0 N–H and O–H groups in total. The first-order chi connectivity index (χ1) is 12.8. The molecule has 1 aromatic carbocycles. The van der Waals surface area contributed by atoms with Crippen molar-refractivity contribution in [2.75, 3.05) is 6.61 Å². The monoisotopic (exact) mass is 385 g/mol. The van der Waals surface area contributed by atoms with E-state index in [1.165, 1.54) is 24.8 Å². The van der Waals surface area contributed by atoms with Crippen LogP contribution in [0.4, 0.5) is 0 Å². The molecule has 3 rings (SSSR count). The van der Waals surface area contributed by atoms with Gasteiger partial charge >= 0.3 is 0 Å². The molecule has 0 unspecified atom stereocenters. The van der Waals surface area contributed by atoms with E-state index >= 15 is 0 Å². The quantitative estimate of drug-likeness (QED) is 0.570. The number of ether oxygens (including phenoxy) is 1. The fraction of sp³-hybridized carbons (Fsp3) is 0.696. The second-order valence-corrected chi connectivity index (χ2v) is 14.4. The summed E-state index contributed by atoms with van der Waals surface area (Å²) in [6, 6.07) is 13.0. The molecule has 2 saturated carbocycles. The fourth-order valence-electron chi connectivity index (χ4n) is 5.57. The molecule has 0 bridgehead atoms. The van der Waals surface area contributed by atoms with Gasteiger partial charge in [0.15, 0.2) is 8.32 Å². The van der Waals surface area contributed by atoms with Crippen LogP contribution < -0.4 is 0 Å². The average molecular weight is 386 g/mol. The maximum Gasteiger partial charge on any atom is 0.184 e. The van der Waals surface area contributed by atoms with E-state index in [0.29, 0.717) is 13.2 Å². The lowest BCUT2D eigenvalue weighted by Crippen LogP contribution is -2.56. The van der Waals surface area contributed by atoms with Crippen molar-refractivity contribution in [2.24, 2.45) is 16.7 Å². The Hall–Kier alpha value is -1.15. The van der Waals surface area contributed by atoms with Crippen molar-refractivity contribution >= 4 is 8.32 Å². The van der Waals surface area contributed by atoms with Crippen LogP contribution >= 0.6 is 0 Å². The van der Waals surface area contributed by atoms with Crippen molar-refractivity contribution in [3.8, 4) is 6.07 Å². The van der Waals surface area contributed by atoms with E-state index in [4.69, 9.17) is 9.16 Å². The predicted molar refractivity (Wildman–Crippen MR) is 112 cm³/mol. The molecule has 3 nitrogen and oxygen atoms in total. The molecule has 0 aromatic heterocycles. The van der Waals surface area contributed by atoms with E-state index in [1.807, 2.05) is 18.2 Å². The van der Waals surface area contributed by atoms with Crippen molar-refractivity contribution in [1.82, 2.24) is 0 Å². The lowest BCUT2D eigenvalue weighted by molar-refractivity contribution is -0.121. The Morgan fingerprint density at radius 2 is 1.81 bits per heavy atom. The van der Waals surface area contributed by atoms with E-state index in [9.17, 15) is 5.26 Å². The number of fused-ring (bicyclic) bond motifs is 1. The highest BCUT2D eigenvalue weighted by Gasteiger charge is 2.57. The van der Waals surface area contributed by atoms with Crippen LogP contribution in [0, 0.1) is 28.1 Å². The fourth-order valence-corrected chi connectivity index (χ4v) is 6.73. The molecule has 148 valence electrons. The Kier molecular flexibility index (Phi) is 6.15. The van der Waals surface area contributed by atoms with Gasteiger partial charge in [0.1, 0.15) is 0 Å². The third-order valence-corrected chi connectivity index (χ3v) is 7.53. The molecular formula is C23H35NO2Si. The Labute approximate surface area is 166 Å². The molecule has 0 amide bonds. The highest BCUT2D eigenvalue weighted by Crippen LogP contribution is 2.58. The lowest BCUT2D eigenvalue weighted by Gasteiger charge is -2.56. The maximum absolute atomic E-state index is 10.3. The van der Waals surface area contributed by atoms with Gasteiger partial charge in [-0.2, -0.15) is 5.26 Å². The van der Waals surface area contributed by atoms with Crippen LogP contribution in [0.15, 0.2) is 30.3 Å². The normalized spacial score (nSPS) is 33.9. The molecule has 27 heavy (non-hydrogen) atoms. The zero-order chi connectivity index (χ0) is 19.5. The summed E-state index contributed by atoms with van der Waals surface area (Å²) >= 11 is 0. The SMILES string of the molecule is C[C@@]12CCC[C@@H](O[Si](C)(C)C)[C@H]1[C@](C#N)(COCc1ccccc1)CCC2. The summed E-state index contributed by atoms with van der Waals surface area (Å²) < 4.78 is 12.8. The molecule has 0 aliphatic heterocycles. The largest absolute Gasteiger partial charge is 0.414 e. The summed E-state index contributed by atoms with van der Waals surface area (Å²) in [6.45, 7) is 10.3. The van der Waals surface area contributed by atoms with E-state index < -0.39 is 13.7 Å². The van der Waals surface area contributed by atoms with Crippen LogP contribution in [0.3, 0.4) is 0 Å². The van der Waals surface area contributed by atoms with Gasteiger partial charge in [0, 0.05) is 12.0 Å². The highest BCUT2D eigenvalue weighted by atomic mass is 28.4. The van der Waals surface area contributed by atoms with Gasteiger partial charge in [-0.05, 0) is 56.3 Å². The van der Waals surface area contributed by atoms with Gasteiger partial charge in [0.2, 0.25) is 0 Å². The smallest absolute Gasteiger partial charge is 0.184 e. The van der Waals surface area contributed by atoms with Crippen LogP contribution in [0.25, 0.3) is 0 Å². The average Bonchev–Trinajstić information content (AvgIpc) is 2.61. The second kappa shape index (κ2) is 8.07. The molecule has 2 aliphatic carbocycles. The summed E-state index contributed by atoms with van der Waals surface area (Å²) in [5, 5.41) is 10.3. The summed E-state index contributed by atoms with van der Waals surface area (Å²) in [5.74, 6) is 0.278. The van der Waals surface area contributed by atoms with Crippen molar-refractivity contribution in [3.63, 3.8) is 0 Å². The van der Waals surface area contributed by atoms with Crippen LogP contribution in [-0.4, -0.2) is 21.0 Å². The van der Waals surface area contributed by atoms with E-state index in [1.54, 1.807) is 0 Å². The van der Waals surface area contributed by atoms with Crippen molar-refractivity contribution in [2.45, 2.75) is 77.8 Å². The maximum atomic E-state index is 10.3. The van der Waals surface area contributed by atoms with Gasteiger partial charge in [0.05, 0.1) is 24.7 Å². The minimum atomic E-state index is -1.66. The molecule has 0 heterocycles. The lowest BCUT2D eigenvalue weighted by atomic mass is 9.50. The van der Waals surface area contributed by atoms with Crippen molar-refractivity contribution in [1.29, 1.82) is 5.26 Å². The topological polar surface area (TPSA) is 42.2 Å². The Balaban J connectivity index is 1.81. The van der Waals surface area contributed by atoms with Gasteiger partial charge in [0.25, 0.3) is 0 Å². The second-order valence-electron chi connectivity index (χ2n) is 9.89. The van der Waals surface area contributed by atoms with Crippen LogP contribution in [0.1, 0.15) is 51.0 Å². The van der Waals surface area contributed by atoms with Gasteiger partial charge in [-0.3, -0.25) is 0 Å². The third kappa shape index (κ3) is 4.64. The zero-order valence-electron chi connectivity index (χ0n) is 17.5. The summed E-state index contributed by atoms with van der Waals surface area (Å²) in [4.78, 5) is 0. The third-order valence-electron chi connectivity index (χ3n) is 6.52. The first kappa shape index (κ1) is 20.6. The first-order valence-electron chi connectivity index (χ1n) is 10.5. The van der Waals surface area contributed by atoms with E-state index in [-0.39, 0.29) is 17.4 Å². The first-order valence-corrected chi connectivity index (χ1v) is 13.9. The molecule has 1 aromatic rings. The van der Waals surface area contributed by atoms with Crippen molar-refractivity contribution in [3.05, 3.63) is 35.9 Å². The van der Waals surface area contributed by atoms with Gasteiger partial charge in [-0.1, -0.05) is 50.1 Å². The van der Waals surface area contributed by atoms with Crippen LogP contribution in [0.5, 0.6) is 0 Å². The van der Waals surface area contributed by atoms with Gasteiger partial charge in [-0.15, -0.1) is 0 Å². The summed E-state index contributed by atoms with van der Waals surface area (Å²) in [5.41, 5.74) is 0.946. The number of hydrogen-bond donors (Lipinski definition) is 0. The van der Waals surface area contributed by atoms with Gasteiger partial charge in [-0.25, -0.2) is 0 Å². The van der Waals surface area contributed by atoms with E-state index in [0.717, 1.165) is 19.3 Å². The Morgan fingerprint density at radius 1 is 1.11 bits per heavy atom. The van der Waals surface area contributed by atoms with Crippen molar-refractivity contribution < 1.29 is 9.16 Å². The highest BCUT2D eigenvalue weighted by molar-refractivity contribution is 6.69. The molecule has 0 spiro atoms. The molecular weight excluding hydrogens is 350 g/mol. The minimum Gasteiger partial charge on any atom is -0.414 e. The molecule has 4 heteroatoms. The standard InChI is InChI=1S/C23H35NO2Si/c1-22-13-8-12-20(26-27(2,3)4)21(22)23(17-24,15-9-14-22)18-25-16-19-10-6-5-7-11-19/h5-7,10-11,20-21H,8-9,12-16,18H2,1-4H3/t20-,21-,22+,23-/m1/s1. The minimum absolute atomic E-state index is 0.201. The van der Waals surface area contributed by atoms with Gasteiger partial charge < -0.3 is 9.16 Å².